The Bertz CT molecular complexity index is 731. The zero-order chi connectivity index (χ0) is 21.9. The number of rotatable bonds is 5. The summed E-state index contributed by atoms with van der Waals surface area (Å²) in [6, 6.07) is 2.84. The Kier molecular flexibility index (Phi) is 9.01. The number of morpholine rings is 1. The molecule has 164 valence electrons. The number of aromatic nitrogens is 1. The van der Waals surface area contributed by atoms with Crippen LogP contribution in [0.4, 0.5) is 4.79 Å². The van der Waals surface area contributed by atoms with Crippen molar-refractivity contribution in [1.82, 2.24) is 20.5 Å². The third-order valence-corrected chi connectivity index (χ3v) is 5.11. The van der Waals surface area contributed by atoms with Gasteiger partial charge in [0.1, 0.15) is 0 Å². The number of ether oxygens (including phenoxy) is 1. The van der Waals surface area contributed by atoms with E-state index in [1.165, 1.54) is 0 Å². The molecule has 0 spiro atoms. The number of hydrogen-bond acceptors (Lipinski definition) is 6. The quantitative estimate of drug-likeness (QED) is 0.464. The third kappa shape index (κ3) is 6.69. The van der Waals surface area contributed by atoms with Gasteiger partial charge in [-0.1, -0.05) is 6.07 Å². The van der Waals surface area contributed by atoms with Crippen molar-refractivity contribution < 1.29 is 29.0 Å². The Labute approximate surface area is 174 Å². The molecule has 11 heteroatoms. The average Bonchev–Trinajstić information content (AvgIpc) is 2.76. The van der Waals surface area contributed by atoms with E-state index in [4.69, 9.17) is 20.4 Å². The average molecular weight is 421 g/mol. The van der Waals surface area contributed by atoms with Crippen LogP contribution in [0, 0.1) is 5.92 Å². The number of primary amides is 1. The van der Waals surface area contributed by atoms with Gasteiger partial charge in [0.25, 0.3) is 6.47 Å². The lowest BCUT2D eigenvalue weighted by Gasteiger charge is -2.45. The first kappa shape index (κ1) is 23.1. The molecule has 0 unspecified atom stereocenters. The Morgan fingerprint density at radius 1 is 1.33 bits per heavy atom. The van der Waals surface area contributed by atoms with Gasteiger partial charge < -0.3 is 31.1 Å². The van der Waals surface area contributed by atoms with Crippen LogP contribution in [0.15, 0.2) is 24.5 Å². The largest absolute Gasteiger partial charge is 0.483 e. The maximum absolute atomic E-state index is 12.6. The van der Waals surface area contributed by atoms with Gasteiger partial charge in [0.05, 0.1) is 25.3 Å². The Morgan fingerprint density at radius 2 is 2.10 bits per heavy atom. The highest BCUT2D eigenvalue weighted by molar-refractivity contribution is 5.84. The predicted molar refractivity (Wildman–Crippen MR) is 105 cm³/mol. The van der Waals surface area contributed by atoms with Crippen LogP contribution in [0.2, 0.25) is 0 Å². The van der Waals surface area contributed by atoms with Gasteiger partial charge in [0.2, 0.25) is 11.8 Å². The summed E-state index contributed by atoms with van der Waals surface area (Å²) in [5.41, 5.74) is 5.98. The highest BCUT2D eigenvalue weighted by Crippen LogP contribution is 2.32. The second-order valence-corrected chi connectivity index (χ2v) is 6.98. The highest BCUT2D eigenvalue weighted by Gasteiger charge is 2.41. The third-order valence-electron chi connectivity index (χ3n) is 5.11. The fourth-order valence-electron chi connectivity index (χ4n) is 3.76. The molecule has 30 heavy (non-hydrogen) atoms. The smallest absolute Gasteiger partial charge is 0.312 e. The number of nitrogens with zero attached hydrogens (tertiary/aromatic N) is 2. The predicted octanol–water partition coefficient (Wildman–Crippen LogP) is -0.537. The Morgan fingerprint density at radius 3 is 2.77 bits per heavy atom. The fraction of sp³-hybridized carbons (Fsp3) is 0.526. The van der Waals surface area contributed by atoms with Gasteiger partial charge in [0, 0.05) is 31.4 Å². The molecule has 1 aliphatic carbocycles. The summed E-state index contributed by atoms with van der Waals surface area (Å²) in [4.78, 5) is 50.0. The number of carboxylic acid groups (broad SMARTS) is 1. The van der Waals surface area contributed by atoms with Crippen LogP contribution in [0.3, 0.4) is 0 Å². The summed E-state index contributed by atoms with van der Waals surface area (Å²) in [5, 5.41) is 12.2. The molecule has 1 aliphatic heterocycles. The lowest BCUT2D eigenvalue weighted by molar-refractivity contribution is -0.153. The molecule has 2 aliphatic rings. The molecule has 0 radical (unpaired) electrons. The highest BCUT2D eigenvalue weighted by atomic mass is 16.5. The van der Waals surface area contributed by atoms with Crippen molar-refractivity contribution in [2.45, 2.75) is 38.0 Å². The monoisotopic (exact) mass is 421 g/mol. The minimum atomic E-state index is -0.732. The molecule has 2 fully saturated rings. The maximum Gasteiger partial charge on any atom is 0.312 e. The zero-order valence-corrected chi connectivity index (χ0v) is 16.5. The minimum Gasteiger partial charge on any atom is -0.483 e. The number of carbonyl (C=O) groups is 4. The second kappa shape index (κ2) is 11.7. The molecule has 11 nitrogen and oxygen atoms in total. The van der Waals surface area contributed by atoms with Gasteiger partial charge in [-0.15, -0.1) is 0 Å². The van der Waals surface area contributed by atoms with Gasteiger partial charge in [-0.3, -0.25) is 19.4 Å². The van der Waals surface area contributed by atoms with Gasteiger partial charge in [-0.2, -0.15) is 0 Å². The lowest BCUT2D eigenvalue weighted by Crippen LogP contribution is -2.58. The number of urea groups is 1. The van der Waals surface area contributed by atoms with Crippen molar-refractivity contribution in [2.75, 3.05) is 19.7 Å². The van der Waals surface area contributed by atoms with Crippen LogP contribution in [0.1, 0.15) is 24.8 Å². The summed E-state index contributed by atoms with van der Waals surface area (Å²) in [6.07, 6.45) is 5.33. The molecule has 1 saturated carbocycles. The van der Waals surface area contributed by atoms with Crippen LogP contribution >= 0.6 is 0 Å². The molecule has 1 saturated heterocycles. The molecule has 0 aromatic carbocycles. The molecule has 1 aromatic rings. The van der Waals surface area contributed by atoms with E-state index in [0.29, 0.717) is 26.1 Å². The molecule has 3 atom stereocenters. The van der Waals surface area contributed by atoms with Crippen molar-refractivity contribution in [2.24, 2.45) is 11.7 Å². The fourth-order valence-corrected chi connectivity index (χ4v) is 3.76. The number of pyridine rings is 1. The van der Waals surface area contributed by atoms with Crippen molar-refractivity contribution >= 4 is 24.3 Å². The summed E-state index contributed by atoms with van der Waals surface area (Å²) < 4.78 is 5.80. The van der Waals surface area contributed by atoms with E-state index in [9.17, 15) is 14.4 Å². The maximum atomic E-state index is 12.6. The number of fused-ring (bicyclic) bond motifs is 1. The van der Waals surface area contributed by atoms with Gasteiger partial charge in [-0.25, -0.2) is 4.79 Å². The first-order valence-electron chi connectivity index (χ1n) is 9.65. The zero-order valence-electron chi connectivity index (χ0n) is 16.5. The first-order valence-corrected chi connectivity index (χ1v) is 9.65. The summed E-state index contributed by atoms with van der Waals surface area (Å²) in [7, 11) is 0. The van der Waals surface area contributed by atoms with Crippen LogP contribution in [-0.2, 0) is 25.7 Å². The van der Waals surface area contributed by atoms with Gasteiger partial charge in [0.15, 0.2) is 0 Å². The van der Waals surface area contributed by atoms with E-state index < -0.39 is 6.03 Å². The van der Waals surface area contributed by atoms with Crippen LogP contribution in [0.5, 0.6) is 0 Å². The van der Waals surface area contributed by atoms with E-state index in [0.717, 1.165) is 18.4 Å². The summed E-state index contributed by atoms with van der Waals surface area (Å²) in [5.74, 6) is -0.405. The topological polar surface area (TPSA) is 164 Å². The molecule has 5 N–H and O–H groups in total. The number of amides is 4. The lowest BCUT2D eigenvalue weighted by atomic mass is 9.81. The first-order chi connectivity index (χ1) is 14.5. The summed E-state index contributed by atoms with van der Waals surface area (Å²) in [6.45, 7) is 0.946. The minimum absolute atomic E-state index is 0.0227. The SMILES string of the molecule is NC(=O)NCC(=O)N1CCO[C@@H]2CC[C@H](C(=O)NCc3cccnc3)C[C@H]21.O=CO. The van der Waals surface area contributed by atoms with E-state index in [1.54, 1.807) is 17.3 Å². The van der Waals surface area contributed by atoms with E-state index in [-0.39, 0.29) is 42.9 Å². The number of nitrogens with one attached hydrogen (secondary N) is 2. The molecular formula is C19H27N5O6. The second-order valence-electron chi connectivity index (χ2n) is 6.98. The van der Waals surface area contributed by atoms with Crippen molar-refractivity contribution in [3.8, 4) is 0 Å². The molecule has 4 amide bonds. The molecular weight excluding hydrogens is 394 g/mol. The Balaban J connectivity index is 0.00000101. The Hall–Kier alpha value is -3.21. The van der Waals surface area contributed by atoms with E-state index >= 15 is 0 Å². The normalized spacial score (nSPS) is 22.5. The van der Waals surface area contributed by atoms with E-state index in [1.807, 2.05) is 12.1 Å². The number of carbonyl (C=O) groups excluding carboxylic acids is 3. The molecule has 0 bridgehead atoms. The molecule has 3 rings (SSSR count). The van der Waals surface area contributed by atoms with Crippen molar-refractivity contribution in [3.05, 3.63) is 30.1 Å². The van der Waals surface area contributed by atoms with Gasteiger partial charge >= 0.3 is 6.03 Å². The van der Waals surface area contributed by atoms with Crippen molar-refractivity contribution in [3.63, 3.8) is 0 Å². The number of hydrogen-bond donors (Lipinski definition) is 4. The molecule has 1 aromatic heterocycles. The standard InChI is InChI=1S/C18H25N5O4.CH2O2/c19-18(26)22-11-16(24)23-6-7-27-15-4-3-13(8-14(15)23)17(25)21-10-12-2-1-5-20-9-12;2-1-3/h1-2,5,9,13-15H,3-4,6-8,10-11H2,(H,21,25)(H3,19,22,26);1H,(H,2,3)/t13-,14+,15+;/m0./s1. The van der Waals surface area contributed by atoms with Gasteiger partial charge in [-0.05, 0) is 30.9 Å². The molecule has 2 heterocycles. The van der Waals surface area contributed by atoms with E-state index in [2.05, 4.69) is 15.6 Å². The number of nitrogens with two attached hydrogens (primary N) is 1. The van der Waals surface area contributed by atoms with Crippen molar-refractivity contribution in [1.29, 1.82) is 0 Å². The van der Waals surface area contributed by atoms with Crippen LogP contribution in [-0.4, -0.2) is 71.2 Å². The summed E-state index contributed by atoms with van der Waals surface area (Å²) >= 11 is 0. The van der Waals surface area contributed by atoms with Crippen LogP contribution < -0.4 is 16.4 Å². The van der Waals surface area contributed by atoms with Crippen LogP contribution in [0.25, 0.3) is 0 Å².